The molecule has 1 saturated heterocycles. The zero-order chi connectivity index (χ0) is 25.3. The summed E-state index contributed by atoms with van der Waals surface area (Å²) in [6.45, 7) is 4.01. The van der Waals surface area contributed by atoms with Crippen molar-refractivity contribution in [2.24, 2.45) is 5.92 Å². The molecule has 0 aromatic carbocycles. The molecule has 2 aliphatic rings. The molecule has 3 aromatic rings. The van der Waals surface area contributed by atoms with Crippen molar-refractivity contribution in [2.45, 2.75) is 18.8 Å². The molecule has 0 spiro atoms. The third-order valence-corrected chi connectivity index (χ3v) is 6.97. The maximum atomic E-state index is 13.1. The number of allylic oxidation sites excluding steroid dienone is 1. The fourth-order valence-corrected chi connectivity index (χ4v) is 5.12. The normalized spacial score (nSPS) is 18.6. The highest BCUT2D eigenvalue weighted by Gasteiger charge is 2.45. The van der Waals surface area contributed by atoms with Crippen molar-refractivity contribution in [3.8, 4) is 17.2 Å². The number of fused-ring (bicyclic) bond motifs is 1. The van der Waals surface area contributed by atoms with Crippen LogP contribution >= 0.6 is 0 Å². The molecule has 0 radical (unpaired) electrons. The van der Waals surface area contributed by atoms with Crippen LogP contribution in [0.5, 0.6) is 0 Å². The number of pyridine rings is 2. The van der Waals surface area contributed by atoms with Gasteiger partial charge in [0.1, 0.15) is 11.9 Å². The van der Waals surface area contributed by atoms with E-state index in [-0.39, 0.29) is 18.8 Å². The van der Waals surface area contributed by atoms with Gasteiger partial charge < -0.3 is 15.6 Å². The molecule has 0 amide bonds. The van der Waals surface area contributed by atoms with E-state index < -0.39 is 5.92 Å². The van der Waals surface area contributed by atoms with Gasteiger partial charge in [-0.05, 0) is 24.1 Å². The van der Waals surface area contributed by atoms with Gasteiger partial charge in [0.05, 0.1) is 17.3 Å². The minimum Gasteiger partial charge on any atom is -0.393 e. The van der Waals surface area contributed by atoms with Crippen LogP contribution < -0.4 is 10.2 Å². The Morgan fingerprint density at radius 3 is 2.64 bits per heavy atom. The first-order valence-corrected chi connectivity index (χ1v) is 12.0. The molecular formula is C26H28F2N8. The molecule has 1 aliphatic heterocycles. The highest BCUT2D eigenvalue weighted by atomic mass is 19.3. The van der Waals surface area contributed by atoms with E-state index in [0.717, 1.165) is 55.2 Å². The van der Waals surface area contributed by atoms with Crippen LogP contribution in [0.3, 0.4) is 0 Å². The first-order valence-electron chi connectivity index (χ1n) is 12.0. The number of nitrogens with zero attached hydrogens (tertiary/aromatic N) is 6. The summed E-state index contributed by atoms with van der Waals surface area (Å²) in [5, 5.41) is 24.7. The van der Waals surface area contributed by atoms with Crippen LogP contribution in [0.15, 0.2) is 43.0 Å². The average molecular weight is 491 g/mol. The zero-order valence-electron chi connectivity index (χ0n) is 20.1. The molecule has 2 N–H and O–H groups in total. The maximum absolute atomic E-state index is 13.1. The monoisotopic (exact) mass is 490 g/mol. The molecule has 0 unspecified atom stereocenters. The van der Waals surface area contributed by atoms with Crippen LogP contribution in [-0.4, -0.2) is 71.4 Å². The number of hydrogen-bond acceptors (Lipinski definition) is 7. The lowest BCUT2D eigenvalue weighted by atomic mass is 9.81. The summed E-state index contributed by atoms with van der Waals surface area (Å²) in [5.41, 5.74) is 4.30. The second-order valence-electron chi connectivity index (χ2n) is 9.46. The van der Waals surface area contributed by atoms with Gasteiger partial charge in [-0.15, -0.1) is 0 Å². The van der Waals surface area contributed by atoms with Crippen molar-refractivity contribution >= 4 is 23.1 Å². The van der Waals surface area contributed by atoms with Gasteiger partial charge >= 0.3 is 0 Å². The van der Waals surface area contributed by atoms with Crippen molar-refractivity contribution in [2.75, 3.05) is 44.7 Å². The van der Waals surface area contributed by atoms with Gasteiger partial charge in [-0.2, -0.15) is 10.4 Å². The molecule has 4 heterocycles. The van der Waals surface area contributed by atoms with Gasteiger partial charge in [0.15, 0.2) is 0 Å². The summed E-state index contributed by atoms with van der Waals surface area (Å²) >= 11 is 0. The van der Waals surface area contributed by atoms with Gasteiger partial charge in [0.25, 0.3) is 0 Å². The lowest BCUT2D eigenvalue weighted by Gasteiger charge is -2.41. The molecule has 5 rings (SSSR count). The summed E-state index contributed by atoms with van der Waals surface area (Å²) in [6, 6.07) is 8.13. The Balaban J connectivity index is 1.35. The van der Waals surface area contributed by atoms with E-state index in [0.29, 0.717) is 16.7 Å². The van der Waals surface area contributed by atoms with Crippen LogP contribution in [0.1, 0.15) is 24.0 Å². The summed E-state index contributed by atoms with van der Waals surface area (Å²) in [6.07, 6.45) is 8.19. The number of hydrogen-bond donors (Lipinski definition) is 2. The van der Waals surface area contributed by atoms with Gasteiger partial charge in [-0.1, -0.05) is 0 Å². The molecule has 2 fully saturated rings. The molecule has 0 bridgehead atoms. The molecular weight excluding hydrogens is 462 g/mol. The smallest absolute Gasteiger partial charge is 0.248 e. The number of nitriles is 1. The lowest BCUT2D eigenvalue weighted by Crippen LogP contribution is -2.50. The number of aromatic nitrogens is 3. The Morgan fingerprint density at radius 1 is 1.25 bits per heavy atom. The first kappa shape index (κ1) is 23.9. The molecule has 8 nitrogen and oxygen atoms in total. The quantitative estimate of drug-likeness (QED) is 0.491. The van der Waals surface area contributed by atoms with Crippen molar-refractivity contribution in [3.05, 3.63) is 54.1 Å². The third-order valence-electron chi connectivity index (χ3n) is 6.97. The standard InChI is InChI=1S/C26H28F2N8/c1-31-13-21(11-29)20-8-23(25-22(12-30)15-33-36(25)17-20)19-2-3-24(32-14-19)35-6-4-34(5-7-35)16-18-9-26(27,28)10-18/h2-3,8,11,13-15,17-18,29,31H,4-7,9-10,16H2,1H3/b21-13+,29-11?. The van der Waals surface area contributed by atoms with Crippen LogP contribution in [0.25, 0.3) is 22.2 Å². The van der Waals surface area contributed by atoms with Crippen LogP contribution in [-0.2, 0) is 0 Å². The summed E-state index contributed by atoms with van der Waals surface area (Å²) in [4.78, 5) is 9.20. The topological polar surface area (TPSA) is 96.3 Å². The number of nitrogens with one attached hydrogen (secondary N) is 2. The largest absolute Gasteiger partial charge is 0.393 e. The predicted octanol–water partition coefficient (Wildman–Crippen LogP) is 3.65. The lowest BCUT2D eigenvalue weighted by molar-refractivity contribution is -0.116. The van der Waals surface area contributed by atoms with Gasteiger partial charge in [-0.3, -0.25) is 4.90 Å². The Kier molecular flexibility index (Phi) is 6.41. The highest BCUT2D eigenvalue weighted by Crippen LogP contribution is 2.42. The van der Waals surface area contributed by atoms with E-state index in [1.165, 1.54) is 6.21 Å². The second kappa shape index (κ2) is 9.66. The number of rotatable bonds is 7. The zero-order valence-corrected chi connectivity index (χ0v) is 20.1. The van der Waals surface area contributed by atoms with E-state index in [9.17, 15) is 14.0 Å². The Morgan fingerprint density at radius 2 is 2.03 bits per heavy atom. The molecule has 10 heteroatoms. The molecule has 0 atom stereocenters. The summed E-state index contributed by atoms with van der Waals surface area (Å²) < 4.78 is 27.9. The number of alkyl halides is 2. The number of anilines is 1. The SMILES string of the molecule is CN/C=C(\C=N)c1cc(-c2ccc(N3CCN(CC4CC(F)(F)C4)CC3)nc2)c2c(C#N)cnn2c1. The summed E-state index contributed by atoms with van der Waals surface area (Å²) in [5.74, 6) is -1.49. The van der Waals surface area contributed by atoms with E-state index >= 15 is 0 Å². The van der Waals surface area contributed by atoms with E-state index in [1.54, 1.807) is 36.4 Å². The minimum absolute atomic E-state index is 0.0153. The van der Waals surface area contributed by atoms with Crippen molar-refractivity contribution in [1.82, 2.24) is 24.8 Å². The Bertz CT molecular complexity index is 1320. The molecule has 1 saturated carbocycles. The predicted molar refractivity (Wildman–Crippen MR) is 135 cm³/mol. The first-order chi connectivity index (χ1) is 17.4. The average Bonchev–Trinajstić information content (AvgIpc) is 3.29. The van der Waals surface area contributed by atoms with E-state index in [4.69, 9.17) is 10.4 Å². The van der Waals surface area contributed by atoms with Gasteiger partial charge in [0.2, 0.25) is 5.92 Å². The highest BCUT2D eigenvalue weighted by molar-refractivity contribution is 6.08. The third kappa shape index (κ3) is 4.66. The van der Waals surface area contributed by atoms with Crippen LogP contribution in [0.2, 0.25) is 0 Å². The van der Waals surface area contributed by atoms with E-state index in [2.05, 4.69) is 26.3 Å². The minimum atomic E-state index is -2.46. The van der Waals surface area contributed by atoms with Crippen molar-refractivity contribution in [1.29, 1.82) is 10.7 Å². The van der Waals surface area contributed by atoms with E-state index in [1.807, 2.05) is 18.2 Å². The second-order valence-corrected chi connectivity index (χ2v) is 9.46. The Hall–Kier alpha value is -3.84. The molecule has 36 heavy (non-hydrogen) atoms. The van der Waals surface area contributed by atoms with Gasteiger partial charge in [-0.25, -0.2) is 18.3 Å². The molecule has 3 aromatic heterocycles. The van der Waals surface area contributed by atoms with Gasteiger partial charge in [0, 0.05) is 99.7 Å². The Labute approximate surface area is 208 Å². The van der Waals surface area contributed by atoms with Crippen molar-refractivity contribution < 1.29 is 8.78 Å². The summed E-state index contributed by atoms with van der Waals surface area (Å²) in [7, 11) is 1.78. The number of halogens is 2. The number of piperazine rings is 1. The molecule has 1 aliphatic carbocycles. The van der Waals surface area contributed by atoms with Crippen LogP contribution in [0, 0.1) is 22.7 Å². The fourth-order valence-electron chi connectivity index (χ4n) is 5.12. The van der Waals surface area contributed by atoms with Crippen LogP contribution in [0.4, 0.5) is 14.6 Å². The maximum Gasteiger partial charge on any atom is 0.248 e. The molecule has 186 valence electrons. The fraction of sp³-hybridized carbons (Fsp3) is 0.385. The van der Waals surface area contributed by atoms with Crippen molar-refractivity contribution in [3.63, 3.8) is 0 Å².